The van der Waals surface area contributed by atoms with E-state index in [0.717, 1.165) is 24.8 Å². The zero-order chi connectivity index (χ0) is 15.0. The van der Waals surface area contributed by atoms with Gasteiger partial charge in [-0.15, -0.1) is 0 Å². The fourth-order valence-electron chi connectivity index (χ4n) is 3.77. The Hall–Kier alpha value is -0.840. The molecule has 4 unspecified atom stereocenters. The maximum Gasteiger partial charge on any atom is 0.122 e. The van der Waals surface area contributed by atoms with E-state index < -0.39 is 0 Å². The van der Waals surface area contributed by atoms with E-state index in [2.05, 4.69) is 43.0 Å². The van der Waals surface area contributed by atoms with Gasteiger partial charge in [0.05, 0.1) is 6.04 Å². The van der Waals surface area contributed by atoms with Crippen LogP contribution >= 0.6 is 0 Å². The maximum atomic E-state index is 6.16. The summed E-state index contributed by atoms with van der Waals surface area (Å²) in [5.41, 5.74) is 6.09. The van der Waals surface area contributed by atoms with E-state index in [9.17, 15) is 0 Å². The second kappa shape index (κ2) is 6.11. The van der Waals surface area contributed by atoms with Gasteiger partial charge in [-0.25, -0.2) is 0 Å². The van der Waals surface area contributed by atoms with E-state index in [1.807, 2.05) is 0 Å². The van der Waals surface area contributed by atoms with E-state index >= 15 is 0 Å². The number of furan rings is 1. The summed E-state index contributed by atoms with van der Waals surface area (Å²) in [5.74, 6) is 3.67. The van der Waals surface area contributed by atoms with Crippen LogP contribution in [0, 0.1) is 5.92 Å². The lowest BCUT2D eigenvalue weighted by atomic mass is 10.1. The Morgan fingerprint density at radius 1 is 1.43 bits per heavy atom. The minimum Gasteiger partial charge on any atom is -0.464 e. The first-order valence-electron chi connectivity index (χ1n) is 8.30. The van der Waals surface area contributed by atoms with Crippen molar-refractivity contribution in [1.82, 2.24) is 9.80 Å². The third-order valence-corrected chi connectivity index (χ3v) is 5.07. The summed E-state index contributed by atoms with van der Waals surface area (Å²) >= 11 is 0. The Morgan fingerprint density at radius 2 is 2.19 bits per heavy atom. The summed E-state index contributed by atoms with van der Waals surface area (Å²) in [6.07, 6.45) is 3.80. The first-order chi connectivity index (χ1) is 10.1. The maximum absolute atomic E-state index is 6.16. The van der Waals surface area contributed by atoms with Gasteiger partial charge in [-0.3, -0.25) is 4.90 Å². The molecule has 0 amide bonds. The highest BCUT2D eigenvalue weighted by Crippen LogP contribution is 2.48. The number of likely N-dealkylation sites (tertiary alicyclic amines) is 1. The second-order valence-electron chi connectivity index (χ2n) is 7.11. The molecular weight excluding hydrogens is 262 g/mol. The van der Waals surface area contributed by atoms with Crippen molar-refractivity contribution >= 4 is 0 Å². The molecule has 3 rings (SSSR count). The normalized spacial score (nSPS) is 31.0. The van der Waals surface area contributed by atoms with Gasteiger partial charge in [-0.2, -0.15) is 0 Å². The Labute approximate surface area is 128 Å². The van der Waals surface area contributed by atoms with Crippen molar-refractivity contribution in [3.05, 3.63) is 23.7 Å². The zero-order valence-corrected chi connectivity index (χ0v) is 13.6. The van der Waals surface area contributed by atoms with Crippen LogP contribution in [0.5, 0.6) is 0 Å². The molecule has 118 valence electrons. The lowest BCUT2D eigenvalue weighted by Crippen LogP contribution is -2.42. The van der Waals surface area contributed by atoms with Crippen LogP contribution in [0.15, 0.2) is 16.5 Å². The van der Waals surface area contributed by atoms with E-state index in [1.165, 1.54) is 25.0 Å². The molecule has 0 spiro atoms. The van der Waals surface area contributed by atoms with Gasteiger partial charge >= 0.3 is 0 Å². The Bertz CT molecular complexity index is 470. The van der Waals surface area contributed by atoms with Crippen LogP contribution in [-0.2, 0) is 0 Å². The number of hydrogen-bond acceptors (Lipinski definition) is 4. The van der Waals surface area contributed by atoms with E-state index in [0.29, 0.717) is 18.5 Å². The van der Waals surface area contributed by atoms with Crippen molar-refractivity contribution in [3.8, 4) is 0 Å². The molecule has 21 heavy (non-hydrogen) atoms. The number of nitrogens with two attached hydrogens (primary N) is 1. The molecule has 2 fully saturated rings. The molecule has 4 nitrogen and oxygen atoms in total. The van der Waals surface area contributed by atoms with Crippen LogP contribution in [0.4, 0.5) is 0 Å². The van der Waals surface area contributed by atoms with Crippen molar-refractivity contribution in [3.63, 3.8) is 0 Å². The van der Waals surface area contributed by atoms with Gasteiger partial charge in [0, 0.05) is 25.0 Å². The monoisotopic (exact) mass is 291 g/mol. The van der Waals surface area contributed by atoms with Crippen LogP contribution in [0.2, 0.25) is 0 Å². The van der Waals surface area contributed by atoms with Crippen molar-refractivity contribution in [2.45, 2.75) is 44.2 Å². The van der Waals surface area contributed by atoms with Crippen LogP contribution < -0.4 is 5.73 Å². The lowest BCUT2D eigenvalue weighted by molar-refractivity contribution is 0.139. The number of nitrogens with zero attached hydrogens (tertiary/aromatic N) is 2. The van der Waals surface area contributed by atoms with Gasteiger partial charge in [-0.05, 0) is 58.0 Å². The fourth-order valence-corrected chi connectivity index (χ4v) is 3.77. The van der Waals surface area contributed by atoms with Crippen molar-refractivity contribution < 1.29 is 4.42 Å². The number of likely N-dealkylation sites (N-methyl/N-ethyl adjacent to an activating group) is 1. The SMILES string of the molecule is CC1CC1c1ccc(C(CN)N2CCCC2CN(C)C)o1. The molecule has 2 N–H and O–H groups in total. The number of hydrogen-bond donors (Lipinski definition) is 1. The summed E-state index contributed by atoms with van der Waals surface area (Å²) in [7, 11) is 4.29. The first kappa shape index (κ1) is 15.1. The lowest BCUT2D eigenvalue weighted by Gasteiger charge is -2.32. The molecule has 1 aliphatic heterocycles. The molecule has 2 aliphatic rings. The zero-order valence-electron chi connectivity index (χ0n) is 13.6. The van der Waals surface area contributed by atoms with Gasteiger partial charge in [0.25, 0.3) is 0 Å². The molecule has 0 radical (unpaired) electrons. The summed E-state index contributed by atoms with van der Waals surface area (Å²) in [6.45, 7) is 5.16. The molecule has 0 bridgehead atoms. The minimum absolute atomic E-state index is 0.236. The molecule has 1 saturated carbocycles. The topological polar surface area (TPSA) is 45.6 Å². The summed E-state index contributed by atoms with van der Waals surface area (Å²) < 4.78 is 6.16. The highest BCUT2D eigenvalue weighted by Gasteiger charge is 2.38. The van der Waals surface area contributed by atoms with Gasteiger partial charge in [0.15, 0.2) is 0 Å². The van der Waals surface area contributed by atoms with Crippen molar-refractivity contribution in [2.24, 2.45) is 11.7 Å². The fraction of sp³-hybridized carbons (Fsp3) is 0.765. The first-order valence-corrected chi connectivity index (χ1v) is 8.30. The molecule has 1 saturated heterocycles. The average Bonchev–Trinajstić information content (AvgIpc) is 2.86. The van der Waals surface area contributed by atoms with E-state index in [4.69, 9.17) is 10.2 Å². The molecule has 1 aliphatic carbocycles. The highest BCUT2D eigenvalue weighted by molar-refractivity contribution is 5.20. The summed E-state index contributed by atoms with van der Waals surface area (Å²) in [4.78, 5) is 4.83. The summed E-state index contributed by atoms with van der Waals surface area (Å²) in [6, 6.07) is 5.16. The predicted octanol–water partition coefficient (Wildman–Crippen LogP) is 2.43. The van der Waals surface area contributed by atoms with E-state index in [-0.39, 0.29) is 6.04 Å². The van der Waals surface area contributed by atoms with Crippen molar-refractivity contribution in [1.29, 1.82) is 0 Å². The molecular formula is C17H29N3O. The van der Waals surface area contributed by atoms with Crippen molar-refractivity contribution in [2.75, 3.05) is 33.7 Å². The van der Waals surface area contributed by atoms with Gasteiger partial charge in [-0.1, -0.05) is 6.92 Å². The molecule has 0 aromatic carbocycles. The van der Waals surface area contributed by atoms with Gasteiger partial charge < -0.3 is 15.1 Å². The van der Waals surface area contributed by atoms with E-state index in [1.54, 1.807) is 0 Å². The largest absolute Gasteiger partial charge is 0.464 e. The van der Waals surface area contributed by atoms with Crippen LogP contribution in [0.3, 0.4) is 0 Å². The Balaban J connectivity index is 1.73. The predicted molar refractivity (Wildman–Crippen MR) is 85.3 cm³/mol. The average molecular weight is 291 g/mol. The standard InChI is InChI=1S/C17H29N3O/c1-12-9-14(12)16-6-7-17(21-16)15(10-18)20-8-4-5-13(20)11-19(2)3/h6-7,12-15H,4-5,8-11,18H2,1-3H3. The second-order valence-corrected chi connectivity index (χ2v) is 7.11. The van der Waals surface area contributed by atoms with Crippen LogP contribution in [-0.4, -0.2) is 49.6 Å². The minimum atomic E-state index is 0.236. The Kier molecular flexibility index (Phi) is 4.38. The smallest absolute Gasteiger partial charge is 0.122 e. The summed E-state index contributed by atoms with van der Waals surface area (Å²) in [5, 5.41) is 0. The third-order valence-electron chi connectivity index (χ3n) is 5.07. The molecule has 4 atom stereocenters. The Morgan fingerprint density at radius 3 is 2.81 bits per heavy atom. The quantitative estimate of drug-likeness (QED) is 0.874. The van der Waals surface area contributed by atoms with Crippen LogP contribution in [0.25, 0.3) is 0 Å². The molecule has 4 heteroatoms. The highest BCUT2D eigenvalue weighted by atomic mass is 16.3. The number of rotatable bonds is 6. The molecule has 2 heterocycles. The van der Waals surface area contributed by atoms with Crippen LogP contribution in [0.1, 0.15) is 49.7 Å². The van der Waals surface area contributed by atoms with Gasteiger partial charge in [0.2, 0.25) is 0 Å². The third kappa shape index (κ3) is 3.17. The van der Waals surface area contributed by atoms with Gasteiger partial charge in [0.1, 0.15) is 11.5 Å². The molecule has 1 aromatic heterocycles. The molecule has 1 aromatic rings.